The fourth-order valence-corrected chi connectivity index (χ4v) is 1.55. The predicted molar refractivity (Wildman–Crippen MR) is 59.4 cm³/mol. The van der Waals surface area contributed by atoms with E-state index in [2.05, 4.69) is 4.74 Å². The van der Waals surface area contributed by atoms with Gasteiger partial charge in [-0.25, -0.2) is 4.79 Å². The van der Waals surface area contributed by atoms with Crippen LogP contribution < -0.4 is 0 Å². The lowest BCUT2D eigenvalue weighted by Crippen LogP contribution is -2.16. The number of aliphatic hydroxyl groups is 1. The van der Waals surface area contributed by atoms with Gasteiger partial charge in [-0.3, -0.25) is 0 Å². The second-order valence-corrected chi connectivity index (χ2v) is 3.69. The van der Waals surface area contributed by atoms with Gasteiger partial charge < -0.3 is 14.9 Å². The normalized spacial score (nSPS) is 12.2. The van der Waals surface area contributed by atoms with Crippen LogP contribution in [0.4, 0.5) is 0 Å². The smallest absolute Gasteiger partial charge is 0.339 e. The van der Waals surface area contributed by atoms with E-state index >= 15 is 0 Å². The van der Waals surface area contributed by atoms with E-state index in [1.807, 2.05) is 0 Å². The number of halogens is 1. The number of aliphatic hydroxyl groups excluding tert-OH is 1. The monoisotopic (exact) mass is 244 g/mol. The van der Waals surface area contributed by atoms with Gasteiger partial charge in [0.05, 0.1) is 17.2 Å². The maximum Gasteiger partial charge on any atom is 0.339 e. The number of aryl methyl sites for hydroxylation is 1. The van der Waals surface area contributed by atoms with E-state index < -0.39 is 12.1 Å². The van der Waals surface area contributed by atoms with Crippen molar-refractivity contribution in [2.75, 3.05) is 6.61 Å². The SMILES string of the molecule is CCOC(=O)C(O)c1c(Cl)ccc(C)c1O. The Kier molecular flexibility index (Phi) is 4.15. The molecule has 1 rings (SSSR count). The first-order chi connectivity index (χ1) is 7.49. The van der Waals surface area contributed by atoms with Crippen LogP contribution in [0.2, 0.25) is 5.02 Å². The Labute approximate surface area is 98.4 Å². The van der Waals surface area contributed by atoms with E-state index in [9.17, 15) is 15.0 Å². The average Bonchev–Trinajstić information content (AvgIpc) is 2.24. The molecule has 1 aromatic carbocycles. The number of benzene rings is 1. The second-order valence-electron chi connectivity index (χ2n) is 3.28. The van der Waals surface area contributed by atoms with Crippen molar-refractivity contribution >= 4 is 17.6 Å². The van der Waals surface area contributed by atoms with Crippen LogP contribution in [0.15, 0.2) is 12.1 Å². The van der Waals surface area contributed by atoms with Gasteiger partial charge in [0.15, 0.2) is 6.10 Å². The number of phenols is 1. The van der Waals surface area contributed by atoms with Crippen molar-refractivity contribution in [3.05, 3.63) is 28.3 Å². The molecule has 0 amide bonds. The van der Waals surface area contributed by atoms with E-state index in [1.165, 1.54) is 6.07 Å². The van der Waals surface area contributed by atoms with Gasteiger partial charge in [0.25, 0.3) is 0 Å². The van der Waals surface area contributed by atoms with Crippen molar-refractivity contribution in [3.8, 4) is 5.75 Å². The summed E-state index contributed by atoms with van der Waals surface area (Å²) >= 11 is 5.81. The zero-order chi connectivity index (χ0) is 12.3. The lowest BCUT2D eigenvalue weighted by atomic mass is 10.0. The molecular formula is C11H13ClO4. The quantitative estimate of drug-likeness (QED) is 0.798. The van der Waals surface area contributed by atoms with Gasteiger partial charge in [-0.1, -0.05) is 17.7 Å². The fourth-order valence-electron chi connectivity index (χ4n) is 1.29. The first-order valence-electron chi connectivity index (χ1n) is 4.81. The summed E-state index contributed by atoms with van der Waals surface area (Å²) in [6, 6.07) is 3.10. The summed E-state index contributed by atoms with van der Waals surface area (Å²) in [5.41, 5.74) is 0.517. The van der Waals surface area contributed by atoms with Crippen LogP contribution >= 0.6 is 11.6 Å². The van der Waals surface area contributed by atoms with E-state index in [4.69, 9.17) is 11.6 Å². The second kappa shape index (κ2) is 5.18. The van der Waals surface area contributed by atoms with Gasteiger partial charge in [0.2, 0.25) is 0 Å². The van der Waals surface area contributed by atoms with Crippen LogP contribution in [0.25, 0.3) is 0 Å². The average molecular weight is 245 g/mol. The molecule has 1 aromatic rings. The fraction of sp³-hybridized carbons (Fsp3) is 0.364. The van der Waals surface area contributed by atoms with Gasteiger partial charge >= 0.3 is 5.97 Å². The van der Waals surface area contributed by atoms with Crippen molar-refractivity contribution < 1.29 is 19.7 Å². The van der Waals surface area contributed by atoms with Crippen molar-refractivity contribution in [2.45, 2.75) is 20.0 Å². The molecule has 0 saturated carbocycles. The Bertz CT molecular complexity index is 403. The summed E-state index contributed by atoms with van der Waals surface area (Å²) in [4.78, 5) is 11.3. The van der Waals surface area contributed by atoms with Crippen LogP contribution in [0.1, 0.15) is 24.2 Å². The third-order valence-electron chi connectivity index (χ3n) is 2.15. The molecule has 5 heteroatoms. The van der Waals surface area contributed by atoms with E-state index in [-0.39, 0.29) is 22.9 Å². The lowest BCUT2D eigenvalue weighted by Gasteiger charge is -2.14. The van der Waals surface area contributed by atoms with Gasteiger partial charge in [-0.15, -0.1) is 0 Å². The minimum atomic E-state index is -1.56. The molecule has 16 heavy (non-hydrogen) atoms. The van der Waals surface area contributed by atoms with Crippen LogP contribution in [0, 0.1) is 6.92 Å². The maximum atomic E-state index is 11.3. The van der Waals surface area contributed by atoms with Crippen molar-refractivity contribution in [1.29, 1.82) is 0 Å². The van der Waals surface area contributed by atoms with Crippen LogP contribution in [-0.4, -0.2) is 22.8 Å². The Morgan fingerprint density at radius 3 is 2.75 bits per heavy atom. The molecule has 0 aliphatic carbocycles. The first-order valence-corrected chi connectivity index (χ1v) is 5.19. The van der Waals surface area contributed by atoms with Crippen molar-refractivity contribution in [2.24, 2.45) is 0 Å². The maximum absolute atomic E-state index is 11.3. The molecule has 0 radical (unpaired) electrons. The van der Waals surface area contributed by atoms with Crippen LogP contribution in [0.3, 0.4) is 0 Å². The summed E-state index contributed by atoms with van der Waals surface area (Å²) in [6.07, 6.45) is -1.56. The summed E-state index contributed by atoms with van der Waals surface area (Å²) in [5.74, 6) is -1.02. The molecule has 0 spiro atoms. The van der Waals surface area contributed by atoms with Crippen molar-refractivity contribution in [1.82, 2.24) is 0 Å². The molecule has 4 nitrogen and oxygen atoms in total. The number of carbonyl (C=O) groups excluding carboxylic acids is 1. The standard InChI is InChI=1S/C11H13ClO4/c1-3-16-11(15)10(14)8-7(12)5-4-6(2)9(8)13/h4-5,10,13-14H,3H2,1-2H3. The van der Waals surface area contributed by atoms with E-state index in [1.54, 1.807) is 19.9 Å². The van der Waals surface area contributed by atoms with E-state index in [0.29, 0.717) is 5.56 Å². The summed E-state index contributed by atoms with van der Waals surface area (Å²) < 4.78 is 4.65. The topological polar surface area (TPSA) is 66.8 Å². The molecule has 0 heterocycles. The largest absolute Gasteiger partial charge is 0.507 e. The number of esters is 1. The van der Waals surface area contributed by atoms with Gasteiger partial charge in [-0.05, 0) is 25.5 Å². The molecule has 0 fully saturated rings. The molecule has 0 aliphatic rings. The van der Waals surface area contributed by atoms with Gasteiger partial charge in [0, 0.05) is 0 Å². The van der Waals surface area contributed by atoms with Crippen LogP contribution in [-0.2, 0) is 9.53 Å². The highest BCUT2D eigenvalue weighted by atomic mass is 35.5. The number of phenolic OH excluding ortho intramolecular Hbond substituents is 1. The molecule has 1 atom stereocenters. The molecular weight excluding hydrogens is 232 g/mol. The Morgan fingerprint density at radius 1 is 1.56 bits per heavy atom. The molecule has 0 aromatic heterocycles. The highest BCUT2D eigenvalue weighted by Gasteiger charge is 2.25. The zero-order valence-corrected chi connectivity index (χ0v) is 9.78. The number of hydrogen-bond donors (Lipinski definition) is 2. The zero-order valence-electron chi connectivity index (χ0n) is 9.03. The van der Waals surface area contributed by atoms with Crippen LogP contribution in [0.5, 0.6) is 5.75 Å². The highest BCUT2D eigenvalue weighted by molar-refractivity contribution is 6.31. The van der Waals surface area contributed by atoms with E-state index in [0.717, 1.165) is 0 Å². The molecule has 1 unspecified atom stereocenters. The third-order valence-corrected chi connectivity index (χ3v) is 2.48. The molecule has 0 aliphatic heterocycles. The summed E-state index contributed by atoms with van der Waals surface area (Å²) in [6.45, 7) is 3.43. The van der Waals surface area contributed by atoms with Gasteiger partial charge in [0.1, 0.15) is 5.75 Å². The lowest BCUT2D eigenvalue weighted by molar-refractivity contribution is -0.153. The Morgan fingerprint density at radius 2 is 2.19 bits per heavy atom. The number of aromatic hydroxyl groups is 1. The number of ether oxygens (including phenoxy) is 1. The van der Waals surface area contributed by atoms with Crippen molar-refractivity contribution in [3.63, 3.8) is 0 Å². The Hall–Kier alpha value is -1.26. The molecule has 0 saturated heterocycles. The number of rotatable bonds is 3. The first kappa shape index (κ1) is 12.8. The number of carbonyl (C=O) groups is 1. The Balaban J connectivity index is 3.12. The number of hydrogen-bond acceptors (Lipinski definition) is 4. The summed E-state index contributed by atoms with van der Waals surface area (Å²) in [5, 5.41) is 19.5. The molecule has 2 N–H and O–H groups in total. The predicted octanol–water partition coefficient (Wildman–Crippen LogP) is 1.95. The summed E-state index contributed by atoms with van der Waals surface area (Å²) in [7, 11) is 0. The molecule has 88 valence electrons. The third kappa shape index (κ3) is 2.46. The minimum Gasteiger partial charge on any atom is -0.507 e. The molecule has 0 bridgehead atoms. The highest BCUT2D eigenvalue weighted by Crippen LogP contribution is 2.34. The van der Waals surface area contributed by atoms with Gasteiger partial charge in [-0.2, -0.15) is 0 Å². The minimum absolute atomic E-state index is 0.0138.